The molecule has 0 bridgehead atoms. The maximum Gasteiger partial charge on any atom is 0.165 e. The van der Waals surface area contributed by atoms with Crippen molar-refractivity contribution in [2.45, 2.75) is 52.5 Å². The van der Waals surface area contributed by atoms with Gasteiger partial charge >= 0.3 is 0 Å². The molecule has 20 heavy (non-hydrogen) atoms. The smallest absolute Gasteiger partial charge is 0.165 e. The zero-order chi connectivity index (χ0) is 15.0. The molecule has 1 atom stereocenters. The Bertz CT molecular complexity index is 393. The fourth-order valence-corrected chi connectivity index (χ4v) is 2.39. The molecular weight excluding hydrogens is 253 g/mol. The Morgan fingerprint density at radius 3 is 2.60 bits per heavy atom. The number of ether oxygens (including phenoxy) is 1. The van der Waals surface area contributed by atoms with Gasteiger partial charge in [0.2, 0.25) is 0 Å². The molecule has 0 aliphatic rings. The molecule has 3 heteroatoms. The molecule has 0 fully saturated rings. The lowest BCUT2D eigenvalue weighted by molar-refractivity contribution is 0.370. The Labute approximate surface area is 122 Å². The third-order valence-corrected chi connectivity index (χ3v) is 3.66. The topological polar surface area (TPSA) is 21.3 Å². The minimum atomic E-state index is -0.269. The summed E-state index contributed by atoms with van der Waals surface area (Å²) in [6.07, 6.45) is 4.28. The highest BCUT2D eigenvalue weighted by molar-refractivity contribution is 5.29. The zero-order valence-electron chi connectivity index (χ0n) is 13.2. The molecule has 0 spiro atoms. The zero-order valence-corrected chi connectivity index (χ0v) is 13.2. The maximum absolute atomic E-state index is 13.6. The van der Waals surface area contributed by atoms with E-state index in [1.54, 1.807) is 12.1 Å². The van der Waals surface area contributed by atoms with Crippen LogP contribution >= 0.6 is 0 Å². The molecule has 0 radical (unpaired) electrons. The Kier molecular flexibility index (Phi) is 7.60. The number of nitrogens with one attached hydrogen (secondary N) is 1. The number of hydrogen-bond donors (Lipinski definition) is 1. The van der Waals surface area contributed by atoms with Crippen LogP contribution in [0.2, 0.25) is 0 Å². The second-order valence-corrected chi connectivity index (χ2v) is 5.67. The van der Waals surface area contributed by atoms with E-state index in [1.165, 1.54) is 7.11 Å². The Morgan fingerprint density at radius 1 is 1.30 bits per heavy atom. The van der Waals surface area contributed by atoms with Crippen LogP contribution in [0.3, 0.4) is 0 Å². The third-order valence-electron chi connectivity index (χ3n) is 3.66. The molecule has 0 aliphatic carbocycles. The highest BCUT2D eigenvalue weighted by atomic mass is 19.1. The van der Waals surface area contributed by atoms with Gasteiger partial charge in [-0.1, -0.05) is 26.8 Å². The third kappa shape index (κ3) is 5.49. The van der Waals surface area contributed by atoms with Gasteiger partial charge in [-0.2, -0.15) is 0 Å². The molecule has 1 unspecified atom stereocenters. The molecule has 0 aliphatic heterocycles. The first kappa shape index (κ1) is 17.0. The molecule has 114 valence electrons. The van der Waals surface area contributed by atoms with E-state index in [2.05, 4.69) is 26.1 Å². The molecule has 1 aromatic rings. The number of hydrogen-bond acceptors (Lipinski definition) is 2. The van der Waals surface area contributed by atoms with E-state index in [4.69, 9.17) is 4.74 Å². The highest BCUT2D eigenvalue weighted by Gasteiger charge is 2.12. The fourth-order valence-electron chi connectivity index (χ4n) is 2.39. The van der Waals surface area contributed by atoms with Crippen LogP contribution in [0.15, 0.2) is 18.2 Å². The van der Waals surface area contributed by atoms with Crippen molar-refractivity contribution in [2.24, 2.45) is 5.92 Å². The van der Waals surface area contributed by atoms with Crippen molar-refractivity contribution in [3.63, 3.8) is 0 Å². The van der Waals surface area contributed by atoms with Crippen LogP contribution in [0.5, 0.6) is 5.75 Å². The standard InChI is InChI=1S/C17H28FNO/c1-5-11-19-16(13(2)3)8-6-7-14-9-10-17(20-4)15(18)12-14/h9-10,12-13,16,19H,5-8,11H2,1-4H3. The van der Waals surface area contributed by atoms with Gasteiger partial charge in [0.25, 0.3) is 0 Å². The van der Waals surface area contributed by atoms with Crippen molar-refractivity contribution < 1.29 is 9.13 Å². The van der Waals surface area contributed by atoms with Crippen LogP contribution in [0.4, 0.5) is 4.39 Å². The number of rotatable bonds is 9. The molecule has 2 nitrogen and oxygen atoms in total. The number of halogens is 1. The lowest BCUT2D eigenvalue weighted by Gasteiger charge is -2.22. The summed E-state index contributed by atoms with van der Waals surface area (Å²) < 4.78 is 18.5. The first-order valence-electron chi connectivity index (χ1n) is 7.64. The van der Waals surface area contributed by atoms with Gasteiger partial charge in [-0.25, -0.2) is 4.39 Å². The summed E-state index contributed by atoms with van der Waals surface area (Å²) in [6, 6.07) is 5.80. The Morgan fingerprint density at radius 2 is 2.05 bits per heavy atom. The second-order valence-electron chi connectivity index (χ2n) is 5.67. The van der Waals surface area contributed by atoms with Crippen molar-refractivity contribution in [1.82, 2.24) is 5.32 Å². The average molecular weight is 281 g/mol. The summed E-state index contributed by atoms with van der Waals surface area (Å²) in [4.78, 5) is 0. The summed E-state index contributed by atoms with van der Waals surface area (Å²) in [5, 5.41) is 3.59. The van der Waals surface area contributed by atoms with Crippen molar-refractivity contribution in [1.29, 1.82) is 0 Å². The summed E-state index contributed by atoms with van der Waals surface area (Å²) in [5.74, 6) is 0.682. The lowest BCUT2D eigenvalue weighted by Crippen LogP contribution is -2.34. The van der Waals surface area contributed by atoms with Gasteiger partial charge in [-0.3, -0.25) is 0 Å². The van der Waals surface area contributed by atoms with Crippen molar-refractivity contribution >= 4 is 0 Å². The van der Waals surface area contributed by atoms with Gasteiger partial charge in [0.1, 0.15) is 0 Å². The average Bonchev–Trinajstić information content (AvgIpc) is 2.42. The fraction of sp³-hybridized carbons (Fsp3) is 0.647. The summed E-state index contributed by atoms with van der Waals surface area (Å²) in [7, 11) is 1.49. The first-order chi connectivity index (χ1) is 9.58. The van der Waals surface area contributed by atoms with Gasteiger partial charge in [-0.05, 0) is 55.8 Å². The second kappa shape index (κ2) is 8.96. The molecule has 0 aromatic heterocycles. The van der Waals surface area contributed by atoms with Gasteiger partial charge in [0.05, 0.1) is 7.11 Å². The monoisotopic (exact) mass is 281 g/mol. The molecule has 1 N–H and O–H groups in total. The lowest BCUT2D eigenvalue weighted by atomic mass is 9.96. The molecule has 1 rings (SSSR count). The molecule has 0 saturated carbocycles. The summed E-state index contributed by atoms with van der Waals surface area (Å²) in [5.41, 5.74) is 1.04. The number of benzene rings is 1. The van der Waals surface area contributed by atoms with Gasteiger partial charge in [-0.15, -0.1) is 0 Å². The van der Waals surface area contributed by atoms with E-state index in [0.29, 0.717) is 17.7 Å². The van der Waals surface area contributed by atoms with Gasteiger partial charge in [0, 0.05) is 6.04 Å². The highest BCUT2D eigenvalue weighted by Crippen LogP contribution is 2.19. The predicted molar refractivity (Wildman–Crippen MR) is 82.8 cm³/mol. The molecule has 0 amide bonds. The number of methoxy groups -OCH3 is 1. The van der Waals surface area contributed by atoms with E-state index < -0.39 is 0 Å². The molecule has 1 aromatic carbocycles. The Balaban J connectivity index is 2.44. The first-order valence-corrected chi connectivity index (χ1v) is 7.64. The van der Waals surface area contributed by atoms with Crippen molar-refractivity contribution in [3.8, 4) is 5.75 Å². The van der Waals surface area contributed by atoms with Crippen molar-refractivity contribution in [2.75, 3.05) is 13.7 Å². The molecular formula is C17H28FNO. The largest absolute Gasteiger partial charge is 0.494 e. The SMILES string of the molecule is CCCNC(CCCc1ccc(OC)c(F)c1)C(C)C. The minimum Gasteiger partial charge on any atom is -0.494 e. The van der Waals surface area contributed by atoms with Crippen molar-refractivity contribution in [3.05, 3.63) is 29.6 Å². The van der Waals surface area contributed by atoms with Gasteiger partial charge < -0.3 is 10.1 Å². The van der Waals surface area contributed by atoms with Crippen LogP contribution in [0, 0.1) is 11.7 Å². The van der Waals surface area contributed by atoms with E-state index >= 15 is 0 Å². The summed E-state index contributed by atoms with van der Waals surface area (Å²) >= 11 is 0. The normalized spacial score (nSPS) is 12.7. The van der Waals surface area contributed by atoms with E-state index in [1.807, 2.05) is 6.07 Å². The maximum atomic E-state index is 13.6. The van der Waals surface area contributed by atoms with E-state index in [-0.39, 0.29) is 5.82 Å². The summed E-state index contributed by atoms with van der Waals surface area (Å²) in [6.45, 7) is 7.76. The van der Waals surface area contributed by atoms with Crippen LogP contribution in [0.1, 0.15) is 45.6 Å². The quantitative estimate of drug-likeness (QED) is 0.733. The Hall–Kier alpha value is -1.09. The molecule has 0 heterocycles. The van der Waals surface area contributed by atoms with Gasteiger partial charge in [0.15, 0.2) is 11.6 Å². The van der Waals surface area contributed by atoms with E-state index in [0.717, 1.165) is 37.8 Å². The predicted octanol–water partition coefficient (Wildman–Crippen LogP) is 4.18. The van der Waals surface area contributed by atoms with Crippen LogP contribution in [-0.4, -0.2) is 19.7 Å². The minimum absolute atomic E-state index is 0.269. The number of aryl methyl sites for hydroxylation is 1. The van der Waals surface area contributed by atoms with E-state index in [9.17, 15) is 4.39 Å². The molecule has 0 saturated heterocycles. The van der Waals surface area contributed by atoms with Crippen LogP contribution < -0.4 is 10.1 Å². The van der Waals surface area contributed by atoms with Crippen LogP contribution in [-0.2, 0) is 6.42 Å². The van der Waals surface area contributed by atoms with Crippen LogP contribution in [0.25, 0.3) is 0 Å².